The lowest BCUT2D eigenvalue weighted by Crippen LogP contribution is -2.05. The molecule has 2 N–H and O–H groups in total. The zero-order valence-electron chi connectivity index (χ0n) is 16.9. The van der Waals surface area contributed by atoms with Gasteiger partial charge >= 0.3 is 11.9 Å². The van der Waals surface area contributed by atoms with Crippen LogP contribution in [0.25, 0.3) is 0 Å². The van der Waals surface area contributed by atoms with Crippen molar-refractivity contribution in [1.82, 2.24) is 0 Å². The Bertz CT molecular complexity index is 1110. The number of hydrogen-bond acceptors (Lipinski definition) is 8. The molecule has 0 unspecified atom stereocenters. The number of ether oxygens (including phenoxy) is 2. The Kier molecular flexibility index (Phi) is 6.85. The molecule has 0 radical (unpaired) electrons. The first-order valence-electron chi connectivity index (χ1n) is 8.88. The first-order valence-corrected chi connectivity index (χ1v) is 11.3. The van der Waals surface area contributed by atoms with E-state index in [9.17, 15) is 19.8 Å². The Morgan fingerprint density at radius 1 is 0.903 bits per heavy atom. The van der Waals surface area contributed by atoms with Gasteiger partial charge in [-0.3, -0.25) is 0 Å². The van der Waals surface area contributed by atoms with Crippen LogP contribution in [0.1, 0.15) is 51.7 Å². The number of benzene rings is 1. The number of methoxy groups -OCH3 is 2. The molecule has 0 amide bonds. The van der Waals surface area contributed by atoms with Crippen molar-refractivity contribution in [3.05, 3.63) is 64.4 Å². The van der Waals surface area contributed by atoms with E-state index in [4.69, 9.17) is 32.7 Å². The number of halogens is 2. The fourth-order valence-electron chi connectivity index (χ4n) is 3.33. The molecule has 0 saturated carbocycles. The van der Waals surface area contributed by atoms with Crippen molar-refractivity contribution in [2.45, 2.75) is 19.8 Å². The van der Waals surface area contributed by atoms with Crippen molar-refractivity contribution in [3.8, 4) is 11.5 Å². The molecule has 0 aliphatic heterocycles. The minimum absolute atomic E-state index is 0.0339. The van der Waals surface area contributed by atoms with Gasteiger partial charge in [0.15, 0.2) is 0 Å². The van der Waals surface area contributed by atoms with Crippen LogP contribution in [0.2, 0.25) is 10.0 Å². The quantitative estimate of drug-likeness (QED) is 0.423. The highest BCUT2D eigenvalue weighted by Crippen LogP contribution is 2.52. The van der Waals surface area contributed by atoms with E-state index in [1.165, 1.54) is 14.2 Å². The van der Waals surface area contributed by atoms with Gasteiger partial charge in [-0.25, -0.2) is 9.59 Å². The lowest BCUT2D eigenvalue weighted by atomic mass is 9.93. The smallest absolute Gasteiger partial charge is 0.342 e. The highest BCUT2D eigenvalue weighted by atomic mass is 35.5. The average molecular weight is 501 g/mol. The monoisotopic (exact) mass is 500 g/mol. The Balaban J connectivity index is 2.36. The second-order valence-electron chi connectivity index (χ2n) is 6.55. The molecule has 2 heterocycles. The third kappa shape index (κ3) is 4.01. The predicted molar refractivity (Wildman–Crippen MR) is 122 cm³/mol. The maximum atomic E-state index is 12.2. The standard InChI is InChI=1S/C21H18Cl2O6S2/c1-8-12(20(26)28-3)16(24)18(30-8)14(10-6-5-7-11(22)15(10)23)19-17(25)13(9(2)31-19)21(27)29-4/h5-7,14,24-25H,1-4H3. The number of carbonyl (C=O) groups excluding carboxylic acids is 2. The van der Waals surface area contributed by atoms with Crippen LogP contribution in [0.15, 0.2) is 18.2 Å². The first-order chi connectivity index (χ1) is 14.6. The lowest BCUT2D eigenvalue weighted by Gasteiger charge is -2.18. The zero-order chi connectivity index (χ0) is 23.0. The highest BCUT2D eigenvalue weighted by molar-refractivity contribution is 7.14. The molecule has 164 valence electrons. The molecular formula is C21H18Cl2O6S2. The zero-order valence-corrected chi connectivity index (χ0v) is 20.1. The summed E-state index contributed by atoms with van der Waals surface area (Å²) in [6.07, 6.45) is 0. The second kappa shape index (κ2) is 9.08. The molecule has 0 fully saturated rings. The number of hydrogen-bond donors (Lipinski definition) is 2. The van der Waals surface area contributed by atoms with Gasteiger partial charge in [-0.2, -0.15) is 0 Å². The van der Waals surface area contributed by atoms with Crippen molar-refractivity contribution in [2.75, 3.05) is 14.2 Å². The predicted octanol–water partition coefficient (Wildman–Crippen LogP) is 5.90. The SMILES string of the molecule is COC(=O)c1c(C)sc(C(c2cccc(Cl)c2Cl)c2sc(C)c(C(=O)OC)c2O)c1O. The normalized spacial score (nSPS) is 11.1. The number of thiophene rings is 2. The maximum Gasteiger partial charge on any atom is 0.342 e. The van der Waals surface area contributed by atoms with Crippen LogP contribution in [0.4, 0.5) is 0 Å². The summed E-state index contributed by atoms with van der Waals surface area (Å²) in [7, 11) is 2.45. The van der Waals surface area contributed by atoms with Crippen molar-refractivity contribution < 1.29 is 29.3 Å². The van der Waals surface area contributed by atoms with Crippen LogP contribution >= 0.6 is 45.9 Å². The van der Waals surface area contributed by atoms with Crippen molar-refractivity contribution >= 4 is 57.8 Å². The van der Waals surface area contributed by atoms with Gasteiger partial charge in [-0.05, 0) is 25.5 Å². The molecule has 3 aromatic rings. The molecule has 0 spiro atoms. The van der Waals surface area contributed by atoms with E-state index < -0.39 is 17.9 Å². The molecule has 0 saturated heterocycles. The average Bonchev–Trinajstić information content (AvgIpc) is 3.19. The summed E-state index contributed by atoms with van der Waals surface area (Å²) in [5, 5.41) is 22.4. The Labute approximate surface area is 196 Å². The van der Waals surface area contributed by atoms with Gasteiger partial charge in [-0.1, -0.05) is 35.3 Å². The Morgan fingerprint density at radius 3 is 1.77 bits per heavy atom. The molecule has 0 aliphatic carbocycles. The molecule has 31 heavy (non-hydrogen) atoms. The maximum absolute atomic E-state index is 12.2. The number of aryl methyl sites for hydroxylation is 2. The molecule has 1 aromatic carbocycles. The van der Waals surface area contributed by atoms with Crippen LogP contribution < -0.4 is 0 Å². The van der Waals surface area contributed by atoms with E-state index in [1.807, 2.05) is 0 Å². The Hall–Kier alpha value is -2.26. The molecule has 3 rings (SSSR count). The van der Waals surface area contributed by atoms with Gasteiger partial charge in [0.05, 0.1) is 39.9 Å². The van der Waals surface area contributed by atoms with Crippen LogP contribution in [-0.2, 0) is 9.47 Å². The largest absolute Gasteiger partial charge is 0.506 e. The van der Waals surface area contributed by atoms with Crippen LogP contribution in [0.5, 0.6) is 11.5 Å². The molecule has 6 nitrogen and oxygen atoms in total. The number of carbonyl (C=O) groups is 2. The van der Waals surface area contributed by atoms with E-state index in [2.05, 4.69) is 0 Å². The molecular weight excluding hydrogens is 483 g/mol. The summed E-state index contributed by atoms with van der Waals surface area (Å²) in [5.74, 6) is -2.72. The Morgan fingerprint density at radius 2 is 1.35 bits per heavy atom. The summed E-state index contributed by atoms with van der Waals surface area (Å²) >= 11 is 15.1. The van der Waals surface area contributed by atoms with Gasteiger partial charge < -0.3 is 19.7 Å². The summed E-state index contributed by atoms with van der Waals surface area (Å²) < 4.78 is 9.58. The van der Waals surface area contributed by atoms with Crippen molar-refractivity contribution in [2.24, 2.45) is 0 Å². The van der Waals surface area contributed by atoms with Crippen molar-refractivity contribution in [1.29, 1.82) is 0 Å². The van der Waals surface area contributed by atoms with Crippen LogP contribution in [0.3, 0.4) is 0 Å². The fourth-order valence-corrected chi connectivity index (χ4v) is 6.17. The lowest BCUT2D eigenvalue weighted by molar-refractivity contribution is 0.0588. The van der Waals surface area contributed by atoms with Gasteiger partial charge in [0.2, 0.25) is 0 Å². The van der Waals surface area contributed by atoms with E-state index in [-0.39, 0.29) is 32.7 Å². The van der Waals surface area contributed by atoms with E-state index in [1.54, 1.807) is 32.0 Å². The topological polar surface area (TPSA) is 93.1 Å². The van der Waals surface area contributed by atoms with Gasteiger partial charge in [-0.15, -0.1) is 22.7 Å². The van der Waals surface area contributed by atoms with E-state index >= 15 is 0 Å². The summed E-state index contributed by atoms with van der Waals surface area (Å²) in [6.45, 7) is 3.35. The van der Waals surface area contributed by atoms with E-state index in [0.717, 1.165) is 22.7 Å². The second-order valence-corrected chi connectivity index (χ2v) is 9.85. The first kappa shape index (κ1) is 23.4. The summed E-state index contributed by atoms with van der Waals surface area (Å²) in [5.41, 5.74) is 0.563. The molecule has 2 aromatic heterocycles. The summed E-state index contributed by atoms with van der Waals surface area (Å²) in [6, 6.07) is 5.01. The number of esters is 2. The number of aromatic hydroxyl groups is 2. The van der Waals surface area contributed by atoms with Crippen LogP contribution in [0, 0.1) is 13.8 Å². The van der Waals surface area contributed by atoms with Crippen molar-refractivity contribution in [3.63, 3.8) is 0 Å². The van der Waals surface area contributed by atoms with Gasteiger partial charge in [0.1, 0.15) is 22.6 Å². The van der Waals surface area contributed by atoms with Crippen LogP contribution in [-0.4, -0.2) is 36.4 Å². The summed E-state index contributed by atoms with van der Waals surface area (Å²) in [4.78, 5) is 26.2. The van der Waals surface area contributed by atoms with Gasteiger partial charge in [0.25, 0.3) is 0 Å². The molecule has 0 atom stereocenters. The molecule has 0 aliphatic rings. The van der Waals surface area contributed by atoms with E-state index in [0.29, 0.717) is 25.1 Å². The number of rotatable bonds is 5. The molecule has 10 heteroatoms. The minimum Gasteiger partial charge on any atom is -0.506 e. The molecule has 0 bridgehead atoms. The third-order valence-corrected chi connectivity index (χ3v) is 7.92. The fraction of sp³-hybridized carbons (Fsp3) is 0.238. The third-order valence-electron chi connectivity index (χ3n) is 4.77. The van der Waals surface area contributed by atoms with Gasteiger partial charge in [0, 0.05) is 9.75 Å². The minimum atomic E-state index is -0.796. The highest BCUT2D eigenvalue weighted by Gasteiger charge is 2.35.